The molecule has 0 aromatic heterocycles. The van der Waals surface area contributed by atoms with Crippen molar-refractivity contribution in [2.45, 2.75) is 81.6 Å². The summed E-state index contributed by atoms with van der Waals surface area (Å²) in [7, 11) is -2.58. The Hall–Kier alpha value is -2.15. The van der Waals surface area contributed by atoms with Gasteiger partial charge in [-0.05, 0) is 47.9 Å². The lowest BCUT2D eigenvalue weighted by Crippen LogP contribution is -2.34. The topological polar surface area (TPSA) is 29.1 Å². The number of nitrogens with one attached hydrogen (secondary N) is 1. The van der Waals surface area contributed by atoms with Gasteiger partial charge in [-0.2, -0.15) is 0 Å². The quantitative estimate of drug-likeness (QED) is 0.348. The Labute approximate surface area is 205 Å². The molecule has 1 atom stereocenters. The van der Waals surface area contributed by atoms with Gasteiger partial charge >= 0.3 is 0 Å². The molecule has 2 saturated carbocycles. The molecule has 3 aromatic carbocycles. The van der Waals surface area contributed by atoms with Crippen LogP contribution in [-0.4, -0.2) is 11.3 Å². The first-order chi connectivity index (χ1) is 16.7. The van der Waals surface area contributed by atoms with Gasteiger partial charge in [0.2, 0.25) is 0 Å². The standard InChI is InChI=1S/C31H38NOP/c33-34(29-17-9-3-10-18-29,30-19-11-4-12-20-30)32-31(27-15-7-2-8-16-27)28-23-21-26(22-24-28)25-13-5-1-6-14-25/h1-2,5-8,13-16,21-24,29-31H,3-4,9-12,17-20H2,(H,32,33)/t31-/m0/s1. The maximum atomic E-state index is 15.1. The van der Waals surface area contributed by atoms with Crippen molar-refractivity contribution in [1.82, 2.24) is 5.09 Å². The van der Waals surface area contributed by atoms with Crippen molar-refractivity contribution in [3.05, 3.63) is 96.1 Å². The zero-order valence-corrected chi connectivity index (χ0v) is 21.1. The Morgan fingerprint density at radius 1 is 0.559 bits per heavy atom. The highest BCUT2D eigenvalue weighted by atomic mass is 31.2. The van der Waals surface area contributed by atoms with Crippen LogP contribution < -0.4 is 5.09 Å². The summed E-state index contributed by atoms with van der Waals surface area (Å²) in [6, 6.07) is 30.1. The second-order valence-electron chi connectivity index (χ2n) is 10.3. The summed E-state index contributed by atoms with van der Waals surface area (Å²) in [4.78, 5) is 0. The van der Waals surface area contributed by atoms with Crippen molar-refractivity contribution in [2.75, 3.05) is 0 Å². The molecule has 0 radical (unpaired) electrons. The van der Waals surface area contributed by atoms with E-state index < -0.39 is 7.29 Å². The molecule has 0 amide bonds. The number of benzene rings is 3. The molecule has 3 aromatic rings. The Morgan fingerprint density at radius 2 is 1.00 bits per heavy atom. The first-order valence-corrected chi connectivity index (χ1v) is 15.2. The van der Waals surface area contributed by atoms with E-state index in [4.69, 9.17) is 0 Å². The van der Waals surface area contributed by atoms with Gasteiger partial charge in [-0.25, -0.2) is 0 Å². The minimum absolute atomic E-state index is 0.0410. The van der Waals surface area contributed by atoms with Crippen LogP contribution in [0.1, 0.15) is 81.4 Å². The van der Waals surface area contributed by atoms with Gasteiger partial charge in [0.1, 0.15) is 0 Å². The summed E-state index contributed by atoms with van der Waals surface area (Å²) in [6.45, 7) is 0. The second kappa shape index (κ2) is 11.1. The molecular weight excluding hydrogens is 433 g/mol. The van der Waals surface area contributed by atoms with E-state index in [1.807, 2.05) is 0 Å². The zero-order valence-electron chi connectivity index (χ0n) is 20.2. The average molecular weight is 472 g/mol. The summed E-state index contributed by atoms with van der Waals surface area (Å²) in [6.07, 6.45) is 12.0. The van der Waals surface area contributed by atoms with Crippen LogP contribution in [0.5, 0.6) is 0 Å². The molecule has 2 aliphatic carbocycles. The zero-order chi connectivity index (χ0) is 23.2. The molecule has 2 fully saturated rings. The van der Waals surface area contributed by atoms with Crippen molar-refractivity contribution >= 4 is 7.29 Å². The highest BCUT2D eigenvalue weighted by Crippen LogP contribution is 2.61. The molecule has 2 aliphatic rings. The van der Waals surface area contributed by atoms with Crippen molar-refractivity contribution in [3.8, 4) is 11.1 Å². The molecule has 3 heteroatoms. The van der Waals surface area contributed by atoms with Gasteiger partial charge in [-0.1, -0.05) is 123 Å². The lowest BCUT2D eigenvalue weighted by Gasteiger charge is -2.40. The fourth-order valence-electron chi connectivity index (χ4n) is 6.13. The van der Waals surface area contributed by atoms with Gasteiger partial charge in [-0.3, -0.25) is 5.09 Å². The van der Waals surface area contributed by atoms with E-state index in [1.165, 1.54) is 60.8 Å². The third kappa shape index (κ3) is 5.24. The summed E-state index contributed by atoms with van der Waals surface area (Å²) in [5, 5.41) is 3.92. The first kappa shape index (κ1) is 23.6. The Balaban J connectivity index is 1.50. The summed E-state index contributed by atoms with van der Waals surface area (Å²) in [5.74, 6) is 0. The first-order valence-electron chi connectivity index (χ1n) is 13.3. The van der Waals surface area contributed by atoms with E-state index in [1.54, 1.807) is 0 Å². The molecule has 1 N–H and O–H groups in total. The smallest absolute Gasteiger partial charge is 0.154 e. The average Bonchev–Trinajstić information content (AvgIpc) is 2.94. The number of hydrogen-bond donors (Lipinski definition) is 1. The van der Waals surface area contributed by atoms with Crippen molar-refractivity contribution in [3.63, 3.8) is 0 Å². The van der Waals surface area contributed by atoms with Gasteiger partial charge < -0.3 is 4.57 Å². The molecule has 0 aliphatic heterocycles. The van der Waals surface area contributed by atoms with Crippen LogP contribution in [0.25, 0.3) is 11.1 Å². The highest BCUT2D eigenvalue weighted by Gasteiger charge is 2.42. The molecule has 2 nitrogen and oxygen atoms in total. The fourth-order valence-corrected chi connectivity index (χ4v) is 10.1. The van der Waals surface area contributed by atoms with E-state index >= 15 is 4.57 Å². The Morgan fingerprint density at radius 3 is 1.53 bits per heavy atom. The molecule has 0 unspecified atom stereocenters. The summed E-state index contributed by atoms with van der Waals surface area (Å²) < 4.78 is 15.1. The van der Waals surface area contributed by atoms with Gasteiger partial charge in [0.25, 0.3) is 0 Å². The van der Waals surface area contributed by atoms with Crippen LogP contribution in [0.2, 0.25) is 0 Å². The van der Waals surface area contributed by atoms with Crippen LogP contribution in [0.15, 0.2) is 84.9 Å². The van der Waals surface area contributed by atoms with Crippen molar-refractivity contribution < 1.29 is 4.57 Å². The third-order valence-corrected chi connectivity index (χ3v) is 11.9. The minimum atomic E-state index is -2.58. The predicted molar refractivity (Wildman–Crippen MR) is 145 cm³/mol. The molecule has 178 valence electrons. The van der Waals surface area contributed by atoms with E-state index in [2.05, 4.69) is 90.0 Å². The normalized spacial score (nSPS) is 19.1. The van der Waals surface area contributed by atoms with E-state index in [9.17, 15) is 0 Å². The van der Waals surface area contributed by atoms with Gasteiger partial charge in [0.05, 0.1) is 6.04 Å². The largest absolute Gasteiger partial charge is 0.306 e. The Bertz CT molecular complexity index is 1050. The van der Waals surface area contributed by atoms with Gasteiger partial charge in [0, 0.05) is 11.3 Å². The fraction of sp³-hybridized carbons (Fsp3) is 0.419. The SMILES string of the molecule is O=P(N[C@@H](c1ccccc1)c1ccc(-c2ccccc2)cc1)(C1CCCCC1)C1CCCCC1. The predicted octanol–water partition coefficient (Wildman–Crippen LogP) is 8.98. The van der Waals surface area contributed by atoms with Gasteiger partial charge in [-0.15, -0.1) is 0 Å². The maximum Gasteiger partial charge on any atom is 0.154 e. The molecule has 0 spiro atoms. The lowest BCUT2D eigenvalue weighted by molar-refractivity contribution is 0.436. The number of rotatable bonds is 7. The molecule has 0 bridgehead atoms. The van der Waals surface area contributed by atoms with Crippen LogP contribution in [0.4, 0.5) is 0 Å². The van der Waals surface area contributed by atoms with E-state index in [0.717, 1.165) is 25.7 Å². The van der Waals surface area contributed by atoms with E-state index in [0.29, 0.717) is 11.3 Å². The minimum Gasteiger partial charge on any atom is -0.306 e. The molecular formula is C31H38NOP. The molecule has 0 saturated heterocycles. The summed E-state index contributed by atoms with van der Waals surface area (Å²) in [5.41, 5.74) is 5.53. The second-order valence-corrected chi connectivity index (χ2v) is 13.4. The van der Waals surface area contributed by atoms with E-state index in [-0.39, 0.29) is 6.04 Å². The lowest BCUT2D eigenvalue weighted by atomic mass is 9.97. The molecule has 34 heavy (non-hydrogen) atoms. The Kier molecular flexibility index (Phi) is 7.67. The van der Waals surface area contributed by atoms with Crippen LogP contribution >= 0.6 is 7.29 Å². The van der Waals surface area contributed by atoms with Crippen molar-refractivity contribution in [2.24, 2.45) is 0 Å². The van der Waals surface area contributed by atoms with Crippen molar-refractivity contribution in [1.29, 1.82) is 0 Å². The maximum absolute atomic E-state index is 15.1. The summed E-state index contributed by atoms with van der Waals surface area (Å²) >= 11 is 0. The highest BCUT2D eigenvalue weighted by molar-refractivity contribution is 7.63. The van der Waals surface area contributed by atoms with Gasteiger partial charge in [0.15, 0.2) is 7.29 Å². The van der Waals surface area contributed by atoms with Crippen LogP contribution in [-0.2, 0) is 4.57 Å². The molecule has 5 rings (SSSR count). The number of hydrogen-bond acceptors (Lipinski definition) is 1. The monoisotopic (exact) mass is 471 g/mol. The van der Waals surface area contributed by atoms with Crippen LogP contribution in [0, 0.1) is 0 Å². The molecule has 0 heterocycles. The third-order valence-electron chi connectivity index (χ3n) is 8.05. The van der Waals surface area contributed by atoms with Crippen LogP contribution in [0.3, 0.4) is 0 Å².